The number of hydrogen-bond donors (Lipinski definition) is 2. The number of halogens is 1. The van der Waals surface area contributed by atoms with Crippen LogP contribution in [0.5, 0.6) is 0 Å². The second kappa shape index (κ2) is 5.68. The van der Waals surface area contributed by atoms with E-state index in [2.05, 4.69) is 5.32 Å². The molecule has 4 nitrogen and oxygen atoms in total. The van der Waals surface area contributed by atoms with Gasteiger partial charge in [0.05, 0.1) is 11.3 Å². The summed E-state index contributed by atoms with van der Waals surface area (Å²) in [6, 6.07) is 4.57. The lowest BCUT2D eigenvalue weighted by Gasteiger charge is -2.12. The van der Waals surface area contributed by atoms with E-state index in [1.807, 2.05) is 13.8 Å². The number of benzene rings is 1. The van der Waals surface area contributed by atoms with Crippen molar-refractivity contribution < 1.29 is 9.59 Å². The molecule has 1 aromatic carbocycles. The minimum atomic E-state index is -0.596. The summed E-state index contributed by atoms with van der Waals surface area (Å²) in [4.78, 5) is 22.9. The molecule has 0 bridgehead atoms. The van der Waals surface area contributed by atoms with Crippen LogP contribution in [0.2, 0.25) is 5.02 Å². The number of rotatable bonds is 4. The van der Waals surface area contributed by atoms with E-state index in [0.29, 0.717) is 10.7 Å². The fourth-order valence-corrected chi connectivity index (χ4v) is 1.45. The van der Waals surface area contributed by atoms with Crippen LogP contribution in [0.4, 0.5) is 5.69 Å². The number of carbonyl (C=O) groups is 2. The molecule has 0 aliphatic rings. The molecule has 0 unspecified atom stereocenters. The van der Waals surface area contributed by atoms with E-state index in [-0.39, 0.29) is 17.4 Å². The molecule has 92 valence electrons. The molecule has 0 saturated heterocycles. The van der Waals surface area contributed by atoms with Gasteiger partial charge in [0.25, 0.3) is 5.91 Å². The van der Waals surface area contributed by atoms with Crippen molar-refractivity contribution in [2.75, 3.05) is 5.32 Å². The molecule has 2 amide bonds. The summed E-state index contributed by atoms with van der Waals surface area (Å²) >= 11 is 5.81. The highest BCUT2D eigenvalue weighted by molar-refractivity contribution is 6.31. The number of nitrogens with two attached hydrogens (primary N) is 1. The highest BCUT2D eigenvalue weighted by atomic mass is 35.5. The van der Waals surface area contributed by atoms with Gasteiger partial charge in [-0.05, 0) is 24.6 Å². The summed E-state index contributed by atoms with van der Waals surface area (Å²) in [5.74, 6) is -0.881. The molecule has 1 atom stereocenters. The van der Waals surface area contributed by atoms with Crippen molar-refractivity contribution >= 4 is 29.1 Å². The summed E-state index contributed by atoms with van der Waals surface area (Å²) in [6.07, 6.45) is 0.721. The van der Waals surface area contributed by atoms with Crippen molar-refractivity contribution in [3.63, 3.8) is 0 Å². The van der Waals surface area contributed by atoms with Crippen LogP contribution in [0.15, 0.2) is 18.2 Å². The minimum Gasteiger partial charge on any atom is -0.366 e. The largest absolute Gasteiger partial charge is 0.366 e. The molecule has 0 spiro atoms. The molecular formula is C12H15ClN2O2. The number of hydrogen-bond acceptors (Lipinski definition) is 2. The van der Waals surface area contributed by atoms with Gasteiger partial charge in [0.2, 0.25) is 5.91 Å². The van der Waals surface area contributed by atoms with Gasteiger partial charge in [0.15, 0.2) is 0 Å². The molecule has 0 aromatic heterocycles. The Morgan fingerprint density at radius 1 is 1.47 bits per heavy atom. The van der Waals surface area contributed by atoms with Gasteiger partial charge in [-0.3, -0.25) is 9.59 Å². The smallest absolute Gasteiger partial charge is 0.250 e. The van der Waals surface area contributed by atoms with Crippen molar-refractivity contribution in [3.05, 3.63) is 28.8 Å². The number of nitrogens with one attached hydrogen (secondary N) is 1. The molecule has 5 heteroatoms. The third-order valence-electron chi connectivity index (χ3n) is 2.56. The summed E-state index contributed by atoms with van der Waals surface area (Å²) in [7, 11) is 0. The van der Waals surface area contributed by atoms with E-state index in [0.717, 1.165) is 6.42 Å². The Morgan fingerprint density at radius 3 is 2.65 bits per heavy atom. The molecule has 17 heavy (non-hydrogen) atoms. The number of primary amides is 1. The first-order valence-corrected chi connectivity index (χ1v) is 5.73. The van der Waals surface area contributed by atoms with Gasteiger partial charge in [0.1, 0.15) is 0 Å². The maximum Gasteiger partial charge on any atom is 0.250 e. The Hall–Kier alpha value is -1.55. The number of carbonyl (C=O) groups excluding carboxylic acids is 2. The first kappa shape index (κ1) is 13.5. The van der Waals surface area contributed by atoms with Gasteiger partial charge in [0, 0.05) is 10.9 Å². The zero-order valence-electron chi connectivity index (χ0n) is 9.79. The van der Waals surface area contributed by atoms with Gasteiger partial charge in [-0.25, -0.2) is 0 Å². The summed E-state index contributed by atoms with van der Waals surface area (Å²) in [5.41, 5.74) is 5.83. The standard InChI is InChI=1S/C12H15ClN2O2/c1-3-7(2)12(17)15-10-6-8(13)4-5-9(10)11(14)16/h4-7H,3H2,1-2H3,(H2,14,16)(H,15,17)/t7-/m0/s1. The van der Waals surface area contributed by atoms with Crippen LogP contribution in [0.1, 0.15) is 30.6 Å². The van der Waals surface area contributed by atoms with Gasteiger partial charge in [-0.1, -0.05) is 25.4 Å². The van der Waals surface area contributed by atoms with E-state index < -0.39 is 5.91 Å². The SMILES string of the molecule is CC[C@H](C)C(=O)Nc1cc(Cl)ccc1C(N)=O. The lowest BCUT2D eigenvalue weighted by atomic mass is 10.1. The molecule has 1 aromatic rings. The Labute approximate surface area is 105 Å². The zero-order chi connectivity index (χ0) is 13.0. The number of amides is 2. The normalized spacial score (nSPS) is 11.9. The van der Waals surface area contributed by atoms with E-state index in [9.17, 15) is 9.59 Å². The first-order chi connectivity index (χ1) is 7.95. The lowest BCUT2D eigenvalue weighted by molar-refractivity contribution is -0.119. The molecule has 0 aliphatic carbocycles. The fraction of sp³-hybridized carbons (Fsp3) is 0.333. The van der Waals surface area contributed by atoms with E-state index in [1.165, 1.54) is 12.1 Å². The molecule has 1 rings (SSSR count). The predicted molar refractivity (Wildman–Crippen MR) is 68.1 cm³/mol. The van der Waals surface area contributed by atoms with Crippen molar-refractivity contribution in [2.45, 2.75) is 20.3 Å². The van der Waals surface area contributed by atoms with Gasteiger partial charge in [-0.2, -0.15) is 0 Å². The predicted octanol–water partition coefficient (Wildman–Crippen LogP) is 2.42. The van der Waals surface area contributed by atoms with Crippen LogP contribution >= 0.6 is 11.6 Å². The quantitative estimate of drug-likeness (QED) is 0.866. The topological polar surface area (TPSA) is 72.2 Å². The van der Waals surface area contributed by atoms with Crippen molar-refractivity contribution in [3.8, 4) is 0 Å². The van der Waals surface area contributed by atoms with Crippen LogP contribution in [0, 0.1) is 5.92 Å². The summed E-state index contributed by atoms with van der Waals surface area (Å²) in [5, 5.41) is 3.10. The van der Waals surface area contributed by atoms with E-state index in [1.54, 1.807) is 6.07 Å². The molecule has 0 aliphatic heterocycles. The Bertz CT molecular complexity index is 446. The second-order valence-corrected chi connectivity index (χ2v) is 4.29. The van der Waals surface area contributed by atoms with E-state index >= 15 is 0 Å². The fourth-order valence-electron chi connectivity index (χ4n) is 1.28. The Balaban J connectivity index is 3.00. The van der Waals surface area contributed by atoms with Crippen LogP contribution in [-0.2, 0) is 4.79 Å². The lowest BCUT2D eigenvalue weighted by Crippen LogP contribution is -2.22. The highest BCUT2D eigenvalue weighted by Gasteiger charge is 2.15. The molecule has 0 fully saturated rings. The Kier molecular flexibility index (Phi) is 4.52. The van der Waals surface area contributed by atoms with Crippen molar-refractivity contribution in [1.82, 2.24) is 0 Å². The van der Waals surface area contributed by atoms with Crippen LogP contribution in [-0.4, -0.2) is 11.8 Å². The van der Waals surface area contributed by atoms with Crippen LogP contribution in [0.3, 0.4) is 0 Å². The monoisotopic (exact) mass is 254 g/mol. The van der Waals surface area contributed by atoms with Gasteiger partial charge >= 0.3 is 0 Å². The third-order valence-corrected chi connectivity index (χ3v) is 2.80. The van der Waals surface area contributed by atoms with Crippen molar-refractivity contribution in [1.29, 1.82) is 0 Å². The van der Waals surface area contributed by atoms with Gasteiger partial charge in [-0.15, -0.1) is 0 Å². The molecule has 0 heterocycles. The number of anilines is 1. The molecule has 3 N–H and O–H groups in total. The van der Waals surface area contributed by atoms with Crippen LogP contribution in [0.25, 0.3) is 0 Å². The highest BCUT2D eigenvalue weighted by Crippen LogP contribution is 2.21. The second-order valence-electron chi connectivity index (χ2n) is 3.85. The zero-order valence-corrected chi connectivity index (χ0v) is 10.5. The Morgan fingerprint density at radius 2 is 2.12 bits per heavy atom. The van der Waals surface area contributed by atoms with E-state index in [4.69, 9.17) is 17.3 Å². The molecule has 0 radical (unpaired) electrons. The third kappa shape index (κ3) is 3.46. The average Bonchev–Trinajstić information content (AvgIpc) is 2.27. The van der Waals surface area contributed by atoms with Gasteiger partial charge < -0.3 is 11.1 Å². The summed E-state index contributed by atoms with van der Waals surface area (Å²) in [6.45, 7) is 3.72. The first-order valence-electron chi connectivity index (χ1n) is 5.36. The maximum absolute atomic E-state index is 11.7. The average molecular weight is 255 g/mol. The van der Waals surface area contributed by atoms with Crippen molar-refractivity contribution in [2.24, 2.45) is 11.7 Å². The molecule has 0 saturated carbocycles. The minimum absolute atomic E-state index is 0.130. The maximum atomic E-state index is 11.7. The molecular weight excluding hydrogens is 240 g/mol. The van der Waals surface area contributed by atoms with Crippen LogP contribution < -0.4 is 11.1 Å². The summed E-state index contributed by atoms with van der Waals surface area (Å²) < 4.78 is 0.